The number of hydrogen-bond acceptors (Lipinski definition) is 3. The first-order valence-electron chi connectivity index (χ1n) is 18.8. The number of nitrogens with zero attached hydrogens (tertiary/aromatic N) is 3. The fraction of sp³-hybridized carbons (Fsp3) is 0.118. The maximum Gasteiger partial charge on any atom is 0.164 e. The van der Waals surface area contributed by atoms with Gasteiger partial charge in [-0.15, -0.1) is 0 Å². The second-order valence-electron chi connectivity index (χ2n) is 15.7. The monoisotopic (exact) mass is 693 g/mol. The average molecular weight is 694 g/mol. The number of fused-ring (bicyclic) bond motifs is 8. The normalized spacial score (nSPS) is 14.2. The smallest absolute Gasteiger partial charge is 0.164 e. The van der Waals surface area contributed by atoms with Crippen LogP contribution in [0.25, 0.3) is 88.7 Å². The predicted octanol–water partition coefficient (Wildman–Crippen LogP) is 13.2. The fourth-order valence-corrected chi connectivity index (χ4v) is 8.56. The number of aromatic nitrogens is 3. The molecule has 258 valence electrons. The van der Waals surface area contributed by atoms with Gasteiger partial charge in [-0.25, -0.2) is 15.0 Å². The molecule has 0 saturated carbocycles. The van der Waals surface area contributed by atoms with Crippen molar-refractivity contribution in [1.82, 2.24) is 15.0 Å². The molecule has 9 aromatic rings. The van der Waals surface area contributed by atoms with Gasteiger partial charge in [0.2, 0.25) is 0 Å². The number of benzene rings is 8. The Balaban J connectivity index is 1.11. The van der Waals surface area contributed by atoms with Gasteiger partial charge in [-0.05, 0) is 94.7 Å². The molecule has 8 aromatic carbocycles. The zero-order valence-electron chi connectivity index (χ0n) is 30.9. The Labute approximate surface area is 316 Å². The van der Waals surface area contributed by atoms with Crippen LogP contribution in [-0.4, -0.2) is 15.0 Å². The Hall–Kier alpha value is -6.45. The molecule has 1 heterocycles. The predicted molar refractivity (Wildman–Crippen MR) is 226 cm³/mol. The molecule has 1 aromatic heterocycles. The maximum absolute atomic E-state index is 5.19. The summed E-state index contributed by atoms with van der Waals surface area (Å²) in [7, 11) is 0. The molecule has 0 amide bonds. The van der Waals surface area contributed by atoms with Crippen LogP contribution in [-0.2, 0) is 10.8 Å². The quantitative estimate of drug-likeness (QED) is 0.172. The molecule has 0 saturated heterocycles. The van der Waals surface area contributed by atoms with Crippen molar-refractivity contribution in [3.05, 3.63) is 175 Å². The van der Waals surface area contributed by atoms with Crippen molar-refractivity contribution in [3.8, 4) is 56.4 Å². The molecule has 1 aliphatic carbocycles. The van der Waals surface area contributed by atoms with Gasteiger partial charge in [-0.3, -0.25) is 0 Å². The zero-order valence-corrected chi connectivity index (χ0v) is 30.9. The Morgan fingerprint density at radius 3 is 1.63 bits per heavy atom. The summed E-state index contributed by atoms with van der Waals surface area (Å²) in [6.07, 6.45) is 0. The van der Waals surface area contributed by atoms with Gasteiger partial charge < -0.3 is 0 Å². The molecule has 10 rings (SSSR count). The van der Waals surface area contributed by atoms with E-state index in [9.17, 15) is 0 Å². The van der Waals surface area contributed by atoms with Crippen molar-refractivity contribution in [2.45, 2.75) is 38.5 Å². The summed E-state index contributed by atoms with van der Waals surface area (Å²) in [5, 5.41) is 7.33. The van der Waals surface area contributed by atoms with Gasteiger partial charge in [0.15, 0.2) is 17.5 Å². The minimum Gasteiger partial charge on any atom is -0.208 e. The Bertz CT molecular complexity index is 2940. The third-order valence-electron chi connectivity index (χ3n) is 12.3. The van der Waals surface area contributed by atoms with E-state index < -0.39 is 0 Å². The summed E-state index contributed by atoms with van der Waals surface area (Å²) in [5.74, 6) is 1.96. The highest BCUT2D eigenvalue weighted by molar-refractivity contribution is 6.17. The molecular weight excluding hydrogens is 655 g/mol. The third-order valence-corrected chi connectivity index (χ3v) is 12.3. The van der Waals surface area contributed by atoms with Gasteiger partial charge in [0.25, 0.3) is 0 Å². The van der Waals surface area contributed by atoms with E-state index in [1.54, 1.807) is 0 Å². The zero-order chi connectivity index (χ0) is 36.6. The Morgan fingerprint density at radius 2 is 0.833 bits per heavy atom. The first kappa shape index (κ1) is 32.2. The lowest BCUT2D eigenvalue weighted by molar-refractivity contribution is 0.299. The minimum atomic E-state index is -0.0731. The van der Waals surface area contributed by atoms with Crippen LogP contribution in [0.1, 0.15) is 38.8 Å². The lowest BCUT2D eigenvalue weighted by Gasteiger charge is -2.48. The van der Waals surface area contributed by atoms with Gasteiger partial charge in [0, 0.05) is 16.7 Å². The second kappa shape index (κ2) is 12.0. The molecule has 0 bridgehead atoms. The molecule has 0 fully saturated rings. The maximum atomic E-state index is 5.19. The first-order chi connectivity index (χ1) is 26.3. The van der Waals surface area contributed by atoms with E-state index in [1.807, 2.05) is 18.2 Å². The Morgan fingerprint density at radius 1 is 0.315 bits per heavy atom. The molecule has 3 nitrogen and oxygen atoms in total. The highest BCUT2D eigenvalue weighted by Gasteiger charge is 2.45. The van der Waals surface area contributed by atoms with E-state index in [1.165, 1.54) is 60.1 Å². The van der Waals surface area contributed by atoms with E-state index in [-0.39, 0.29) is 10.8 Å². The molecule has 0 unspecified atom stereocenters. The lowest BCUT2D eigenvalue weighted by Crippen LogP contribution is -2.43. The van der Waals surface area contributed by atoms with Crippen LogP contribution in [0.4, 0.5) is 0 Å². The molecule has 0 radical (unpaired) electrons. The molecule has 0 spiro atoms. The Kier molecular flexibility index (Phi) is 7.19. The van der Waals surface area contributed by atoms with Crippen LogP contribution in [0.15, 0.2) is 164 Å². The van der Waals surface area contributed by atoms with E-state index >= 15 is 0 Å². The first-order valence-corrected chi connectivity index (χ1v) is 18.8. The van der Waals surface area contributed by atoms with E-state index in [0.717, 1.165) is 22.3 Å². The lowest BCUT2D eigenvalue weighted by atomic mass is 9.55. The van der Waals surface area contributed by atoms with Crippen molar-refractivity contribution >= 4 is 32.3 Å². The van der Waals surface area contributed by atoms with Crippen LogP contribution in [0.3, 0.4) is 0 Å². The van der Waals surface area contributed by atoms with Crippen molar-refractivity contribution in [2.75, 3.05) is 0 Å². The second-order valence-corrected chi connectivity index (χ2v) is 15.7. The summed E-state index contributed by atoms with van der Waals surface area (Å²) in [4.78, 5) is 15.4. The van der Waals surface area contributed by atoms with Crippen molar-refractivity contribution in [1.29, 1.82) is 0 Å². The topological polar surface area (TPSA) is 38.7 Å². The summed E-state index contributed by atoms with van der Waals surface area (Å²) in [5.41, 5.74) is 10.5. The van der Waals surface area contributed by atoms with Gasteiger partial charge in [0.1, 0.15) is 0 Å². The highest BCUT2D eigenvalue weighted by atomic mass is 15.0. The fourth-order valence-electron chi connectivity index (χ4n) is 8.56. The molecule has 0 atom stereocenters. The SMILES string of the molecule is CC1(C)c2ccccc2-c2ccc(-c3cccc(-c4nc(-c5ccccc5)nc(-c5ccc6ccc7c8ccccc8ccc7c6c5)n4)c3)cc2C1(C)C. The van der Waals surface area contributed by atoms with Gasteiger partial charge in [0.05, 0.1) is 0 Å². The standard InChI is InChI=1S/C51H39N3/c1-50(2)45-20-11-10-19-42(45)43-28-25-36(31-46(43)51(50,3)4)35-16-12-17-37(29-35)48-52-47(34-14-6-5-7-15-34)53-49(54-48)38-22-21-33-24-26-40-39-18-9-8-13-32(39)23-27-41(40)44(33)30-38/h5-31H,1-4H3. The van der Waals surface area contributed by atoms with Gasteiger partial charge in [-0.2, -0.15) is 0 Å². The van der Waals surface area contributed by atoms with Gasteiger partial charge in [-0.1, -0.05) is 173 Å². The third kappa shape index (κ3) is 4.99. The van der Waals surface area contributed by atoms with Crippen molar-refractivity contribution in [3.63, 3.8) is 0 Å². The largest absolute Gasteiger partial charge is 0.208 e. The van der Waals surface area contributed by atoms with Crippen LogP contribution < -0.4 is 0 Å². The van der Waals surface area contributed by atoms with E-state index in [0.29, 0.717) is 17.5 Å². The number of hydrogen-bond donors (Lipinski definition) is 0. The van der Waals surface area contributed by atoms with E-state index in [2.05, 4.69) is 173 Å². The van der Waals surface area contributed by atoms with E-state index in [4.69, 9.17) is 15.0 Å². The van der Waals surface area contributed by atoms with Crippen LogP contribution in [0.5, 0.6) is 0 Å². The minimum absolute atomic E-state index is 0.0327. The molecule has 0 aliphatic heterocycles. The molecule has 3 heteroatoms. The average Bonchev–Trinajstić information content (AvgIpc) is 3.22. The van der Waals surface area contributed by atoms with Gasteiger partial charge >= 0.3 is 0 Å². The molecule has 0 N–H and O–H groups in total. The molecule has 54 heavy (non-hydrogen) atoms. The summed E-state index contributed by atoms with van der Waals surface area (Å²) in [6, 6.07) is 58.8. The summed E-state index contributed by atoms with van der Waals surface area (Å²) in [6.45, 7) is 9.53. The van der Waals surface area contributed by atoms with Crippen molar-refractivity contribution < 1.29 is 0 Å². The van der Waals surface area contributed by atoms with Crippen molar-refractivity contribution in [2.24, 2.45) is 0 Å². The van der Waals surface area contributed by atoms with Crippen LogP contribution in [0.2, 0.25) is 0 Å². The summed E-state index contributed by atoms with van der Waals surface area (Å²) >= 11 is 0. The highest BCUT2D eigenvalue weighted by Crippen LogP contribution is 2.54. The molecular formula is C51H39N3. The molecule has 1 aliphatic rings. The van der Waals surface area contributed by atoms with Crippen LogP contribution in [0, 0.1) is 0 Å². The summed E-state index contributed by atoms with van der Waals surface area (Å²) < 4.78 is 0. The van der Waals surface area contributed by atoms with Crippen LogP contribution >= 0.6 is 0 Å². The number of rotatable bonds is 4.